The van der Waals surface area contributed by atoms with E-state index in [0.717, 1.165) is 18.7 Å². The van der Waals surface area contributed by atoms with E-state index < -0.39 is 0 Å². The van der Waals surface area contributed by atoms with Crippen LogP contribution in [0.5, 0.6) is 0 Å². The lowest BCUT2D eigenvalue weighted by atomic mass is 10.2. The molecule has 12 heavy (non-hydrogen) atoms. The van der Waals surface area contributed by atoms with Gasteiger partial charge in [0.25, 0.3) is 0 Å². The normalized spacial score (nSPS) is 13.3. The maximum Gasteiger partial charge on any atom is 0.0742 e. The number of nitrogens with two attached hydrogens (primary N) is 1. The summed E-state index contributed by atoms with van der Waals surface area (Å²) in [6.45, 7) is 3.25. The van der Waals surface area contributed by atoms with Crippen LogP contribution in [0.2, 0.25) is 0 Å². The monoisotopic (exact) mass is 206 g/mol. The molecule has 72 valence electrons. The van der Waals surface area contributed by atoms with Crippen LogP contribution in [0.4, 0.5) is 0 Å². The van der Waals surface area contributed by atoms with Crippen LogP contribution in [0.25, 0.3) is 0 Å². The lowest BCUT2D eigenvalue weighted by molar-refractivity contribution is 0.280. The predicted molar refractivity (Wildman–Crippen MR) is 61.9 cm³/mol. The Hall–Kier alpha value is 0.200. The lowest BCUT2D eigenvalue weighted by Gasteiger charge is -2.23. The Morgan fingerprint density at radius 2 is 2.25 bits per heavy atom. The first kappa shape index (κ1) is 12.2. The smallest absolute Gasteiger partial charge is 0.0742 e. The molecule has 0 aromatic carbocycles. The highest BCUT2D eigenvalue weighted by Crippen LogP contribution is 2.02. The van der Waals surface area contributed by atoms with E-state index in [1.165, 1.54) is 0 Å². The minimum absolute atomic E-state index is 0.467. The number of hydrogen-bond donors (Lipinski definition) is 1. The highest BCUT2D eigenvalue weighted by atomic mass is 32.2. The molecular weight excluding hydrogens is 188 g/mol. The summed E-state index contributed by atoms with van der Waals surface area (Å²) in [7, 11) is 2.11. The van der Waals surface area contributed by atoms with E-state index in [1.54, 1.807) is 0 Å². The number of thiocarbonyl (C=S) groups is 1. The van der Waals surface area contributed by atoms with E-state index in [4.69, 9.17) is 18.0 Å². The largest absolute Gasteiger partial charge is 0.393 e. The minimum Gasteiger partial charge on any atom is -0.393 e. The molecule has 0 aliphatic carbocycles. The number of rotatable bonds is 6. The van der Waals surface area contributed by atoms with Gasteiger partial charge in [0.2, 0.25) is 0 Å². The number of nitrogens with zero attached hydrogens (tertiary/aromatic N) is 1. The molecule has 0 aliphatic rings. The molecule has 0 radical (unpaired) electrons. The zero-order chi connectivity index (χ0) is 9.56. The fourth-order valence-electron chi connectivity index (χ4n) is 0.903. The third kappa shape index (κ3) is 5.80. The van der Waals surface area contributed by atoms with Crippen molar-refractivity contribution in [1.29, 1.82) is 0 Å². The van der Waals surface area contributed by atoms with E-state index in [9.17, 15) is 0 Å². The highest BCUT2D eigenvalue weighted by Gasteiger charge is 2.08. The van der Waals surface area contributed by atoms with Gasteiger partial charge in [-0.15, -0.1) is 0 Å². The van der Waals surface area contributed by atoms with Gasteiger partial charge < -0.3 is 10.6 Å². The molecule has 0 aromatic heterocycles. The Morgan fingerprint density at radius 3 is 2.67 bits per heavy atom. The van der Waals surface area contributed by atoms with Crippen LogP contribution in [0.1, 0.15) is 13.3 Å². The average molecular weight is 206 g/mol. The summed E-state index contributed by atoms with van der Waals surface area (Å²) in [5, 5.41) is 0. The van der Waals surface area contributed by atoms with Gasteiger partial charge in [0.1, 0.15) is 0 Å². The van der Waals surface area contributed by atoms with Crippen LogP contribution in [0, 0.1) is 0 Å². The second-order valence-electron chi connectivity index (χ2n) is 2.99. The topological polar surface area (TPSA) is 29.3 Å². The average Bonchev–Trinajstić information content (AvgIpc) is 1.98. The van der Waals surface area contributed by atoms with Gasteiger partial charge in [-0.3, -0.25) is 0 Å². The van der Waals surface area contributed by atoms with Crippen molar-refractivity contribution in [2.45, 2.75) is 19.4 Å². The quantitative estimate of drug-likeness (QED) is 0.664. The third-order valence-corrected chi connectivity index (χ3v) is 2.65. The fourth-order valence-corrected chi connectivity index (χ4v) is 1.61. The van der Waals surface area contributed by atoms with E-state index >= 15 is 0 Å². The van der Waals surface area contributed by atoms with Crippen LogP contribution < -0.4 is 5.73 Å². The van der Waals surface area contributed by atoms with Crippen molar-refractivity contribution in [3.05, 3.63) is 0 Å². The van der Waals surface area contributed by atoms with E-state index in [2.05, 4.69) is 25.1 Å². The molecule has 0 saturated carbocycles. The third-order valence-electron chi connectivity index (χ3n) is 1.90. The van der Waals surface area contributed by atoms with Crippen LogP contribution >= 0.6 is 24.0 Å². The standard InChI is InChI=1S/C8H18N2S2/c1-7(6-8(9)11)10(2)4-5-12-3/h7H,4-6H2,1-3H3,(H2,9,11). The van der Waals surface area contributed by atoms with Gasteiger partial charge in [-0.1, -0.05) is 12.2 Å². The van der Waals surface area contributed by atoms with E-state index in [-0.39, 0.29) is 0 Å². The Kier molecular flexibility index (Phi) is 6.80. The molecule has 0 aromatic rings. The van der Waals surface area contributed by atoms with Crippen molar-refractivity contribution in [3.8, 4) is 0 Å². The predicted octanol–water partition coefficient (Wildman–Crippen LogP) is 1.35. The molecule has 1 atom stereocenters. The first-order valence-corrected chi connectivity index (χ1v) is 5.85. The lowest BCUT2D eigenvalue weighted by Crippen LogP contribution is -2.34. The highest BCUT2D eigenvalue weighted by molar-refractivity contribution is 7.98. The van der Waals surface area contributed by atoms with Gasteiger partial charge in [0.15, 0.2) is 0 Å². The Bertz CT molecular complexity index is 139. The maximum atomic E-state index is 5.46. The summed E-state index contributed by atoms with van der Waals surface area (Å²) in [6, 6.07) is 0.467. The molecule has 4 heteroatoms. The van der Waals surface area contributed by atoms with E-state index in [1.807, 2.05) is 11.8 Å². The van der Waals surface area contributed by atoms with Gasteiger partial charge >= 0.3 is 0 Å². The van der Waals surface area contributed by atoms with Crippen LogP contribution in [-0.2, 0) is 0 Å². The summed E-state index contributed by atoms with van der Waals surface area (Å²) in [5.74, 6) is 1.16. The number of hydrogen-bond acceptors (Lipinski definition) is 3. The molecule has 0 fully saturated rings. The van der Waals surface area contributed by atoms with Crippen molar-refractivity contribution in [2.24, 2.45) is 5.73 Å². The minimum atomic E-state index is 0.467. The molecule has 0 heterocycles. The summed E-state index contributed by atoms with van der Waals surface area (Å²) in [4.78, 5) is 2.90. The van der Waals surface area contributed by atoms with Crippen molar-refractivity contribution in [2.75, 3.05) is 25.6 Å². The fraction of sp³-hybridized carbons (Fsp3) is 0.875. The summed E-state index contributed by atoms with van der Waals surface area (Å²) in [6.07, 6.45) is 2.94. The zero-order valence-corrected chi connectivity index (χ0v) is 9.67. The van der Waals surface area contributed by atoms with Crippen molar-refractivity contribution in [3.63, 3.8) is 0 Å². The Labute approximate surface area is 84.9 Å². The Morgan fingerprint density at radius 1 is 1.67 bits per heavy atom. The first-order chi connectivity index (χ1) is 5.57. The van der Waals surface area contributed by atoms with Crippen molar-refractivity contribution >= 4 is 29.0 Å². The molecule has 0 amide bonds. The summed E-state index contributed by atoms with van der Waals surface area (Å²) >= 11 is 6.71. The molecule has 0 aliphatic heterocycles. The van der Waals surface area contributed by atoms with Crippen LogP contribution in [0.15, 0.2) is 0 Å². The maximum absolute atomic E-state index is 5.46. The first-order valence-electron chi connectivity index (χ1n) is 4.05. The van der Waals surface area contributed by atoms with Gasteiger partial charge in [-0.25, -0.2) is 0 Å². The molecule has 0 spiro atoms. The molecule has 2 nitrogen and oxygen atoms in total. The van der Waals surface area contributed by atoms with Crippen LogP contribution in [-0.4, -0.2) is 41.5 Å². The second kappa shape index (κ2) is 6.69. The van der Waals surface area contributed by atoms with Gasteiger partial charge in [-0.05, 0) is 20.2 Å². The van der Waals surface area contributed by atoms with Gasteiger partial charge in [0.05, 0.1) is 4.99 Å². The van der Waals surface area contributed by atoms with Gasteiger partial charge in [-0.2, -0.15) is 11.8 Å². The molecular formula is C8H18N2S2. The summed E-state index contributed by atoms with van der Waals surface area (Å²) in [5.41, 5.74) is 5.46. The van der Waals surface area contributed by atoms with E-state index in [0.29, 0.717) is 11.0 Å². The molecule has 0 saturated heterocycles. The van der Waals surface area contributed by atoms with Crippen molar-refractivity contribution < 1.29 is 0 Å². The SMILES string of the molecule is CSCCN(C)C(C)CC(N)=S. The molecule has 0 bridgehead atoms. The van der Waals surface area contributed by atoms with Gasteiger partial charge in [0, 0.05) is 24.8 Å². The molecule has 0 rings (SSSR count). The van der Waals surface area contributed by atoms with Crippen LogP contribution in [0.3, 0.4) is 0 Å². The summed E-state index contributed by atoms with van der Waals surface area (Å²) < 4.78 is 0. The molecule has 2 N–H and O–H groups in total. The zero-order valence-electron chi connectivity index (χ0n) is 8.04. The second-order valence-corrected chi connectivity index (χ2v) is 4.50. The Balaban J connectivity index is 3.60. The molecule has 1 unspecified atom stereocenters. The number of thioether (sulfide) groups is 1. The van der Waals surface area contributed by atoms with Crippen molar-refractivity contribution in [1.82, 2.24) is 4.90 Å².